The molecule has 0 radical (unpaired) electrons. The lowest BCUT2D eigenvalue weighted by molar-refractivity contribution is 0.103. The molecule has 19 heavy (non-hydrogen) atoms. The van der Waals surface area contributed by atoms with Gasteiger partial charge in [-0.25, -0.2) is 0 Å². The highest BCUT2D eigenvalue weighted by molar-refractivity contribution is 9.10. The molecule has 0 aliphatic carbocycles. The molecule has 0 aliphatic heterocycles. The van der Waals surface area contributed by atoms with Gasteiger partial charge in [0.25, 0.3) is 0 Å². The molecule has 0 fully saturated rings. The van der Waals surface area contributed by atoms with Crippen molar-refractivity contribution in [2.45, 2.75) is 0 Å². The van der Waals surface area contributed by atoms with E-state index in [1.807, 2.05) is 6.07 Å². The molecule has 0 aromatic heterocycles. The predicted octanol–water partition coefficient (Wildman–Crippen LogP) is 5.10. The number of benzene rings is 2. The summed E-state index contributed by atoms with van der Waals surface area (Å²) < 4.78 is 6.82. The Labute approximate surface area is 133 Å². The fourth-order valence-corrected chi connectivity index (χ4v) is 2.60. The number of rotatable bonds is 3. The van der Waals surface area contributed by atoms with Crippen LogP contribution >= 0.6 is 43.5 Å². The molecule has 0 spiro atoms. The Hall–Kier alpha value is -0.840. The normalized spacial score (nSPS) is 10.3. The van der Waals surface area contributed by atoms with Crippen molar-refractivity contribution in [3.63, 3.8) is 0 Å². The molecule has 0 saturated heterocycles. The molecule has 2 aromatic carbocycles. The second-order valence-corrected chi connectivity index (χ2v) is 6.04. The standard InChI is InChI=1S/C14H9Br2ClO2/c1-19-13-5-3-9(16)7-11(13)14(18)10-6-8(15)2-4-12(10)17/h2-7H,1H3. The monoisotopic (exact) mass is 402 g/mol. The second-order valence-electron chi connectivity index (χ2n) is 3.80. The SMILES string of the molecule is COc1ccc(Br)cc1C(=O)c1cc(Br)ccc1Cl. The van der Waals surface area contributed by atoms with Gasteiger partial charge in [0.2, 0.25) is 0 Å². The zero-order chi connectivity index (χ0) is 14.0. The average molecular weight is 404 g/mol. The zero-order valence-corrected chi connectivity index (χ0v) is 13.8. The lowest BCUT2D eigenvalue weighted by atomic mass is 10.0. The van der Waals surface area contributed by atoms with Crippen molar-refractivity contribution < 1.29 is 9.53 Å². The quantitative estimate of drug-likeness (QED) is 0.665. The minimum atomic E-state index is -0.176. The minimum Gasteiger partial charge on any atom is -0.496 e. The Bertz CT molecular complexity index is 641. The number of methoxy groups -OCH3 is 1. The topological polar surface area (TPSA) is 26.3 Å². The maximum absolute atomic E-state index is 12.5. The third-order valence-corrected chi connectivity index (χ3v) is 3.90. The van der Waals surface area contributed by atoms with Gasteiger partial charge < -0.3 is 4.74 Å². The van der Waals surface area contributed by atoms with Crippen molar-refractivity contribution in [2.24, 2.45) is 0 Å². The summed E-state index contributed by atoms with van der Waals surface area (Å²) in [5.41, 5.74) is 0.907. The van der Waals surface area contributed by atoms with E-state index in [0.29, 0.717) is 21.9 Å². The Kier molecular flexibility index (Phi) is 4.66. The van der Waals surface area contributed by atoms with E-state index in [2.05, 4.69) is 31.9 Å². The van der Waals surface area contributed by atoms with Crippen LogP contribution in [0.4, 0.5) is 0 Å². The van der Waals surface area contributed by atoms with E-state index < -0.39 is 0 Å². The molecule has 0 saturated carbocycles. The number of carbonyl (C=O) groups is 1. The lowest BCUT2D eigenvalue weighted by Gasteiger charge is -2.09. The summed E-state index contributed by atoms with van der Waals surface area (Å²) in [4.78, 5) is 12.5. The number of hydrogen-bond acceptors (Lipinski definition) is 2. The molecule has 0 unspecified atom stereocenters. The van der Waals surface area contributed by atoms with Crippen LogP contribution in [-0.2, 0) is 0 Å². The maximum Gasteiger partial charge on any atom is 0.198 e. The first-order valence-corrected chi connectivity index (χ1v) is 7.32. The molecule has 5 heteroatoms. The average Bonchev–Trinajstić information content (AvgIpc) is 2.40. The van der Waals surface area contributed by atoms with E-state index in [-0.39, 0.29) is 5.78 Å². The zero-order valence-electron chi connectivity index (χ0n) is 9.91. The molecule has 0 bridgehead atoms. The third-order valence-electron chi connectivity index (χ3n) is 2.58. The Morgan fingerprint density at radius 3 is 2.26 bits per heavy atom. The van der Waals surface area contributed by atoms with Gasteiger partial charge in [-0.1, -0.05) is 43.5 Å². The number of ketones is 1. The number of ether oxygens (including phenoxy) is 1. The van der Waals surface area contributed by atoms with Crippen LogP contribution in [0.1, 0.15) is 15.9 Å². The van der Waals surface area contributed by atoms with Crippen LogP contribution in [0.25, 0.3) is 0 Å². The van der Waals surface area contributed by atoms with Crippen molar-refractivity contribution in [1.29, 1.82) is 0 Å². The van der Waals surface area contributed by atoms with E-state index in [1.54, 1.807) is 30.3 Å². The molecule has 98 valence electrons. The smallest absolute Gasteiger partial charge is 0.198 e. The van der Waals surface area contributed by atoms with E-state index in [9.17, 15) is 4.79 Å². The highest BCUT2D eigenvalue weighted by Gasteiger charge is 2.17. The van der Waals surface area contributed by atoms with E-state index in [4.69, 9.17) is 16.3 Å². The van der Waals surface area contributed by atoms with Gasteiger partial charge in [-0.3, -0.25) is 4.79 Å². The molecular formula is C14H9Br2ClO2. The summed E-state index contributed by atoms with van der Waals surface area (Å²) in [6, 6.07) is 10.4. The Morgan fingerprint density at radius 1 is 1.05 bits per heavy atom. The maximum atomic E-state index is 12.5. The van der Waals surface area contributed by atoms with Crippen molar-refractivity contribution in [1.82, 2.24) is 0 Å². The summed E-state index contributed by atoms with van der Waals surface area (Å²) in [5.74, 6) is 0.341. The fourth-order valence-electron chi connectivity index (χ4n) is 1.67. The summed E-state index contributed by atoms with van der Waals surface area (Å²) in [5, 5.41) is 0.412. The van der Waals surface area contributed by atoms with Crippen LogP contribution in [0.3, 0.4) is 0 Å². The van der Waals surface area contributed by atoms with Gasteiger partial charge in [0.05, 0.1) is 17.7 Å². The largest absolute Gasteiger partial charge is 0.496 e. The first-order valence-electron chi connectivity index (χ1n) is 5.36. The van der Waals surface area contributed by atoms with E-state index >= 15 is 0 Å². The van der Waals surface area contributed by atoms with Gasteiger partial charge in [0, 0.05) is 14.5 Å². The van der Waals surface area contributed by atoms with Gasteiger partial charge in [-0.05, 0) is 36.4 Å². The van der Waals surface area contributed by atoms with Crippen LogP contribution in [0.5, 0.6) is 5.75 Å². The van der Waals surface area contributed by atoms with Gasteiger partial charge in [0.1, 0.15) is 5.75 Å². The minimum absolute atomic E-state index is 0.176. The van der Waals surface area contributed by atoms with Crippen LogP contribution in [0, 0.1) is 0 Å². The van der Waals surface area contributed by atoms with Gasteiger partial charge >= 0.3 is 0 Å². The fraction of sp³-hybridized carbons (Fsp3) is 0.0714. The molecule has 2 rings (SSSR count). The predicted molar refractivity (Wildman–Crippen MR) is 83.3 cm³/mol. The molecule has 0 atom stereocenters. The number of hydrogen-bond donors (Lipinski definition) is 0. The second kappa shape index (κ2) is 6.07. The molecule has 2 aromatic rings. The Morgan fingerprint density at radius 2 is 1.63 bits per heavy atom. The highest BCUT2D eigenvalue weighted by atomic mass is 79.9. The molecule has 2 nitrogen and oxygen atoms in total. The van der Waals surface area contributed by atoms with Gasteiger partial charge in [-0.15, -0.1) is 0 Å². The summed E-state index contributed by atoms with van der Waals surface area (Å²) in [7, 11) is 1.53. The summed E-state index contributed by atoms with van der Waals surface area (Å²) in [6.07, 6.45) is 0. The number of carbonyl (C=O) groups excluding carboxylic acids is 1. The van der Waals surface area contributed by atoms with Gasteiger partial charge in [-0.2, -0.15) is 0 Å². The Balaban J connectivity index is 2.55. The van der Waals surface area contributed by atoms with Crippen molar-refractivity contribution in [3.05, 3.63) is 61.5 Å². The highest BCUT2D eigenvalue weighted by Crippen LogP contribution is 2.29. The first-order chi connectivity index (χ1) is 9.02. The van der Waals surface area contributed by atoms with Crippen molar-refractivity contribution >= 4 is 49.2 Å². The van der Waals surface area contributed by atoms with E-state index in [1.165, 1.54) is 7.11 Å². The molecule has 0 heterocycles. The molecule has 0 amide bonds. The van der Waals surface area contributed by atoms with Crippen LogP contribution in [0.2, 0.25) is 5.02 Å². The summed E-state index contributed by atoms with van der Waals surface area (Å²) >= 11 is 12.8. The molecule has 0 N–H and O–H groups in total. The number of halogens is 3. The third kappa shape index (κ3) is 3.19. The van der Waals surface area contributed by atoms with E-state index in [0.717, 1.165) is 8.95 Å². The van der Waals surface area contributed by atoms with Crippen LogP contribution in [-0.4, -0.2) is 12.9 Å². The molecule has 0 aliphatic rings. The van der Waals surface area contributed by atoms with Crippen LogP contribution in [0.15, 0.2) is 45.3 Å². The first kappa shape index (κ1) is 14.6. The van der Waals surface area contributed by atoms with Crippen molar-refractivity contribution in [2.75, 3.05) is 7.11 Å². The molecular weight excluding hydrogens is 395 g/mol. The van der Waals surface area contributed by atoms with Crippen LogP contribution < -0.4 is 4.74 Å². The van der Waals surface area contributed by atoms with Gasteiger partial charge in [0.15, 0.2) is 5.78 Å². The summed E-state index contributed by atoms with van der Waals surface area (Å²) in [6.45, 7) is 0. The lowest BCUT2D eigenvalue weighted by Crippen LogP contribution is -2.05. The van der Waals surface area contributed by atoms with Crippen molar-refractivity contribution in [3.8, 4) is 5.75 Å².